The van der Waals surface area contributed by atoms with Crippen molar-refractivity contribution in [1.29, 1.82) is 0 Å². The van der Waals surface area contributed by atoms with Crippen LogP contribution in [-0.2, 0) is 9.59 Å². The van der Waals surface area contributed by atoms with Crippen molar-refractivity contribution in [2.45, 2.75) is 17.1 Å². The first-order chi connectivity index (χ1) is 22.8. The van der Waals surface area contributed by atoms with Crippen LogP contribution < -0.4 is 25.4 Å². The van der Waals surface area contributed by atoms with Crippen molar-refractivity contribution in [3.05, 3.63) is 125 Å². The van der Waals surface area contributed by atoms with Gasteiger partial charge in [-0.15, -0.1) is 23.1 Å². The van der Waals surface area contributed by atoms with E-state index in [0.29, 0.717) is 27.7 Å². The van der Waals surface area contributed by atoms with Gasteiger partial charge in [0, 0.05) is 27.1 Å². The summed E-state index contributed by atoms with van der Waals surface area (Å²) in [6.45, 7) is 1.80. The van der Waals surface area contributed by atoms with Crippen molar-refractivity contribution < 1.29 is 23.9 Å². The fraction of sp³-hybridized carbons (Fsp3) is 0.111. The van der Waals surface area contributed by atoms with Crippen LogP contribution in [0.15, 0.2) is 119 Å². The Bertz CT molecular complexity index is 1870. The van der Waals surface area contributed by atoms with Crippen molar-refractivity contribution in [3.8, 4) is 22.8 Å². The normalized spacial score (nSPS) is 11.7. The van der Waals surface area contributed by atoms with Gasteiger partial charge in [-0.05, 0) is 85.3 Å². The monoisotopic (exact) mass is 664 g/mol. The van der Waals surface area contributed by atoms with Gasteiger partial charge in [-0.2, -0.15) is 0 Å². The smallest absolute Gasteiger partial charge is 0.272 e. The highest BCUT2D eigenvalue weighted by Crippen LogP contribution is 2.29. The molecular formula is C36H32N4O5S2. The Morgan fingerprint density at radius 2 is 1.51 bits per heavy atom. The molecule has 0 aliphatic carbocycles. The van der Waals surface area contributed by atoms with Crippen molar-refractivity contribution in [1.82, 2.24) is 10.3 Å². The van der Waals surface area contributed by atoms with Crippen LogP contribution in [0.1, 0.15) is 22.8 Å². The predicted molar refractivity (Wildman–Crippen MR) is 188 cm³/mol. The van der Waals surface area contributed by atoms with Gasteiger partial charge in [-0.25, -0.2) is 4.98 Å². The van der Waals surface area contributed by atoms with Gasteiger partial charge in [-0.1, -0.05) is 36.4 Å². The lowest BCUT2D eigenvalue weighted by molar-refractivity contribution is -0.115. The summed E-state index contributed by atoms with van der Waals surface area (Å²) in [5.41, 5.74) is 3.37. The lowest BCUT2D eigenvalue weighted by Crippen LogP contribution is -2.30. The zero-order chi connectivity index (χ0) is 33.2. The average Bonchev–Trinajstić information content (AvgIpc) is 3.57. The number of aromatic nitrogens is 1. The number of anilines is 2. The van der Waals surface area contributed by atoms with Crippen molar-refractivity contribution in [3.63, 3.8) is 0 Å². The minimum Gasteiger partial charge on any atom is -0.497 e. The molecule has 0 fully saturated rings. The molecule has 0 aliphatic rings. The third kappa shape index (κ3) is 9.09. The number of thioether (sulfide) groups is 1. The second-order valence-electron chi connectivity index (χ2n) is 10.1. The zero-order valence-electron chi connectivity index (χ0n) is 25.9. The molecule has 3 N–H and O–H groups in total. The standard InChI is InChI=1S/C36H32N4O5S2/c1-23(33(41)40-36-39-32(22-46-36)25-14-18-29(45-3)19-15-25)47-30-11-7-10-27(21-30)37-35(43)31(20-24-12-16-28(44-2)17-13-24)38-34(42)26-8-5-4-6-9-26/h4-23H,1-3H3,(H,37,43)(H,38,42)(H,39,40,41)/b31-20+. The van der Waals surface area contributed by atoms with E-state index in [1.807, 2.05) is 41.8 Å². The SMILES string of the molecule is COc1ccc(/C=C(/NC(=O)c2ccccc2)C(=O)Nc2cccc(SC(C)C(=O)Nc3nc(-c4ccc(OC)cc4)cs3)c2)cc1. The second kappa shape index (κ2) is 15.7. The van der Waals surface area contributed by atoms with E-state index in [0.717, 1.165) is 21.9 Å². The van der Waals surface area contributed by atoms with Gasteiger partial charge in [0.05, 0.1) is 25.2 Å². The van der Waals surface area contributed by atoms with Crippen LogP contribution in [0.2, 0.25) is 0 Å². The van der Waals surface area contributed by atoms with Crippen LogP contribution in [0.4, 0.5) is 10.8 Å². The summed E-state index contributed by atoms with van der Waals surface area (Å²) < 4.78 is 10.4. The van der Waals surface area contributed by atoms with E-state index in [9.17, 15) is 14.4 Å². The number of nitrogens with zero attached hydrogens (tertiary/aromatic N) is 1. The largest absolute Gasteiger partial charge is 0.497 e. The molecule has 9 nitrogen and oxygen atoms in total. The maximum absolute atomic E-state index is 13.5. The highest BCUT2D eigenvalue weighted by Gasteiger charge is 2.18. The molecule has 4 aromatic carbocycles. The van der Waals surface area contributed by atoms with Gasteiger partial charge < -0.3 is 25.4 Å². The number of benzene rings is 4. The molecule has 1 aromatic heterocycles. The Kier molecular flexibility index (Phi) is 11.1. The topological polar surface area (TPSA) is 119 Å². The summed E-state index contributed by atoms with van der Waals surface area (Å²) in [5.74, 6) is 0.305. The summed E-state index contributed by atoms with van der Waals surface area (Å²) >= 11 is 2.70. The van der Waals surface area contributed by atoms with E-state index >= 15 is 0 Å². The fourth-order valence-corrected chi connectivity index (χ4v) is 5.99. The fourth-order valence-electron chi connectivity index (χ4n) is 4.34. The molecule has 0 radical (unpaired) electrons. The summed E-state index contributed by atoms with van der Waals surface area (Å²) in [4.78, 5) is 44.8. The molecule has 3 amide bonds. The zero-order valence-corrected chi connectivity index (χ0v) is 27.5. The Labute approximate surface area is 281 Å². The molecular weight excluding hydrogens is 633 g/mol. The van der Waals surface area contributed by atoms with Crippen LogP contribution in [0.5, 0.6) is 11.5 Å². The number of methoxy groups -OCH3 is 2. The quantitative estimate of drug-likeness (QED) is 0.0943. The number of rotatable bonds is 12. The van der Waals surface area contributed by atoms with Gasteiger partial charge >= 0.3 is 0 Å². The summed E-state index contributed by atoms with van der Waals surface area (Å²) in [5, 5.41) is 10.5. The molecule has 11 heteroatoms. The highest BCUT2D eigenvalue weighted by atomic mass is 32.2. The minimum atomic E-state index is -0.505. The molecule has 238 valence electrons. The second-order valence-corrected chi connectivity index (χ2v) is 12.4. The first-order valence-electron chi connectivity index (χ1n) is 14.5. The van der Waals surface area contributed by atoms with Gasteiger partial charge in [0.2, 0.25) is 5.91 Å². The van der Waals surface area contributed by atoms with Crippen molar-refractivity contribution >= 4 is 57.7 Å². The molecule has 47 heavy (non-hydrogen) atoms. The van der Waals surface area contributed by atoms with Crippen molar-refractivity contribution in [2.75, 3.05) is 24.9 Å². The number of hydrogen-bond acceptors (Lipinski definition) is 8. The van der Waals surface area contributed by atoms with Gasteiger partial charge in [0.1, 0.15) is 17.2 Å². The predicted octanol–water partition coefficient (Wildman–Crippen LogP) is 7.36. The number of thiazole rings is 1. The number of amides is 3. The van der Waals surface area contributed by atoms with Gasteiger partial charge in [-0.3, -0.25) is 14.4 Å². The van der Waals surface area contributed by atoms with Crippen LogP contribution in [0.25, 0.3) is 17.3 Å². The molecule has 0 saturated carbocycles. The van der Waals surface area contributed by atoms with E-state index < -0.39 is 17.1 Å². The van der Waals surface area contributed by atoms with E-state index in [2.05, 4.69) is 20.9 Å². The number of carbonyl (C=O) groups is 3. The summed E-state index contributed by atoms with van der Waals surface area (Å²) in [7, 11) is 3.19. The molecule has 1 heterocycles. The number of hydrogen-bond donors (Lipinski definition) is 3. The Morgan fingerprint density at radius 3 is 2.19 bits per heavy atom. The number of ether oxygens (including phenoxy) is 2. The van der Waals surface area contributed by atoms with Crippen LogP contribution in [-0.4, -0.2) is 42.2 Å². The molecule has 0 bridgehead atoms. The van der Waals surface area contributed by atoms with E-state index in [4.69, 9.17) is 9.47 Å². The minimum absolute atomic E-state index is 0.0623. The van der Waals surface area contributed by atoms with E-state index in [1.165, 1.54) is 23.1 Å². The third-order valence-electron chi connectivity index (χ3n) is 6.85. The first kappa shape index (κ1) is 33.0. The van der Waals surface area contributed by atoms with E-state index in [-0.39, 0.29) is 11.6 Å². The molecule has 1 atom stereocenters. The lowest BCUT2D eigenvalue weighted by atomic mass is 10.1. The highest BCUT2D eigenvalue weighted by molar-refractivity contribution is 8.00. The van der Waals surface area contributed by atoms with Crippen LogP contribution in [0, 0.1) is 0 Å². The van der Waals surface area contributed by atoms with E-state index in [1.54, 1.807) is 93.9 Å². The molecule has 0 spiro atoms. The maximum Gasteiger partial charge on any atom is 0.272 e. The number of carbonyl (C=O) groups excluding carboxylic acids is 3. The Morgan fingerprint density at radius 1 is 0.830 bits per heavy atom. The molecule has 1 unspecified atom stereocenters. The van der Waals surface area contributed by atoms with Crippen LogP contribution in [0.3, 0.4) is 0 Å². The first-order valence-corrected chi connectivity index (χ1v) is 16.3. The maximum atomic E-state index is 13.5. The van der Waals surface area contributed by atoms with Crippen molar-refractivity contribution in [2.24, 2.45) is 0 Å². The average molecular weight is 665 g/mol. The summed E-state index contributed by atoms with van der Waals surface area (Å²) in [6.07, 6.45) is 1.60. The molecule has 5 aromatic rings. The molecule has 0 aliphatic heterocycles. The van der Waals surface area contributed by atoms with Crippen LogP contribution >= 0.6 is 23.1 Å². The van der Waals surface area contributed by atoms with Gasteiger partial charge in [0.15, 0.2) is 5.13 Å². The Balaban J connectivity index is 1.24. The molecule has 5 rings (SSSR count). The lowest BCUT2D eigenvalue weighted by Gasteiger charge is -2.14. The Hall–Kier alpha value is -5.39. The number of nitrogens with one attached hydrogen (secondary N) is 3. The van der Waals surface area contributed by atoms with Gasteiger partial charge in [0.25, 0.3) is 11.8 Å². The molecule has 0 saturated heterocycles. The third-order valence-corrected chi connectivity index (χ3v) is 8.70. The summed E-state index contributed by atoms with van der Waals surface area (Å²) in [6, 6.07) is 30.5.